The smallest absolute Gasteiger partial charge is 0.223 e. The summed E-state index contributed by atoms with van der Waals surface area (Å²) in [6.07, 6.45) is 4.42. The van der Waals surface area contributed by atoms with Crippen molar-refractivity contribution in [3.05, 3.63) is 0 Å². The van der Waals surface area contributed by atoms with E-state index in [9.17, 15) is 4.79 Å². The molecule has 0 aromatic rings. The Kier molecular flexibility index (Phi) is 10.3. The van der Waals surface area contributed by atoms with Crippen LogP contribution in [0.25, 0.3) is 0 Å². The number of thioether (sulfide) groups is 1. The second-order valence-corrected chi connectivity index (χ2v) is 6.40. The second-order valence-electron chi connectivity index (χ2n) is 4.89. The summed E-state index contributed by atoms with van der Waals surface area (Å²) in [5.41, 5.74) is 5.43. The lowest BCUT2D eigenvalue weighted by atomic mass is 10.2. The number of nitrogens with two attached hydrogens (primary N) is 1. The highest BCUT2D eigenvalue weighted by molar-refractivity contribution is 7.98. The number of nitrogens with zero attached hydrogens (tertiary/aromatic N) is 2. The lowest BCUT2D eigenvalue weighted by Crippen LogP contribution is -2.35. The lowest BCUT2D eigenvalue weighted by Gasteiger charge is -2.25. The number of carbonyl (C=O) groups is 1. The average molecular weight is 306 g/mol. The first-order valence-corrected chi connectivity index (χ1v) is 8.40. The van der Waals surface area contributed by atoms with E-state index in [4.69, 9.17) is 18.0 Å². The van der Waals surface area contributed by atoms with Crippen LogP contribution in [0.15, 0.2) is 0 Å². The first kappa shape index (κ1) is 18.7. The van der Waals surface area contributed by atoms with Gasteiger partial charge in [-0.1, -0.05) is 12.2 Å². The molecule has 19 heavy (non-hydrogen) atoms. The van der Waals surface area contributed by atoms with E-state index in [1.165, 1.54) is 0 Å². The summed E-state index contributed by atoms with van der Waals surface area (Å²) < 4.78 is 0. The van der Waals surface area contributed by atoms with E-state index in [0.717, 1.165) is 18.7 Å². The molecule has 0 aliphatic rings. The van der Waals surface area contributed by atoms with Crippen molar-refractivity contribution in [2.24, 2.45) is 5.73 Å². The third-order valence-corrected chi connectivity index (χ3v) is 4.14. The van der Waals surface area contributed by atoms with E-state index in [1.54, 1.807) is 11.9 Å². The van der Waals surface area contributed by atoms with Crippen LogP contribution in [-0.2, 0) is 4.79 Å². The zero-order valence-corrected chi connectivity index (χ0v) is 14.1. The van der Waals surface area contributed by atoms with E-state index in [0.29, 0.717) is 30.4 Å². The molecule has 0 fully saturated rings. The third-order valence-electron chi connectivity index (χ3n) is 3.29. The van der Waals surface area contributed by atoms with E-state index >= 15 is 0 Å². The molecule has 6 heteroatoms. The van der Waals surface area contributed by atoms with Crippen molar-refractivity contribution in [1.82, 2.24) is 9.80 Å². The molecule has 1 unspecified atom stereocenters. The van der Waals surface area contributed by atoms with E-state index in [2.05, 4.69) is 25.1 Å². The van der Waals surface area contributed by atoms with Crippen LogP contribution >= 0.6 is 24.0 Å². The molecule has 0 saturated heterocycles. The molecule has 0 radical (unpaired) electrons. The van der Waals surface area contributed by atoms with E-state index in [-0.39, 0.29) is 5.91 Å². The summed E-state index contributed by atoms with van der Waals surface area (Å²) in [5.74, 6) is 1.31. The summed E-state index contributed by atoms with van der Waals surface area (Å²) >= 11 is 6.67. The number of rotatable bonds is 10. The highest BCUT2D eigenvalue weighted by Gasteiger charge is 2.13. The van der Waals surface area contributed by atoms with Crippen molar-refractivity contribution >= 4 is 34.9 Å². The maximum atomic E-state index is 11.9. The fraction of sp³-hybridized carbons (Fsp3) is 0.846. The van der Waals surface area contributed by atoms with Gasteiger partial charge in [-0.05, 0) is 32.4 Å². The third kappa shape index (κ3) is 9.24. The quantitative estimate of drug-likeness (QED) is 0.621. The summed E-state index contributed by atoms with van der Waals surface area (Å²) in [6, 6.07) is 0.516. The van der Waals surface area contributed by atoms with Crippen molar-refractivity contribution in [3.63, 3.8) is 0 Å². The highest BCUT2D eigenvalue weighted by atomic mass is 32.2. The first-order valence-electron chi connectivity index (χ1n) is 6.60. The van der Waals surface area contributed by atoms with Gasteiger partial charge in [-0.25, -0.2) is 0 Å². The van der Waals surface area contributed by atoms with Gasteiger partial charge in [0.25, 0.3) is 0 Å². The predicted octanol–water partition coefficient (Wildman–Crippen LogP) is 1.58. The van der Waals surface area contributed by atoms with Gasteiger partial charge in [0.1, 0.15) is 0 Å². The minimum Gasteiger partial charge on any atom is -0.393 e. The van der Waals surface area contributed by atoms with Crippen molar-refractivity contribution in [2.45, 2.75) is 32.2 Å². The van der Waals surface area contributed by atoms with Gasteiger partial charge in [0.15, 0.2) is 0 Å². The van der Waals surface area contributed by atoms with Gasteiger partial charge < -0.3 is 15.5 Å². The summed E-state index contributed by atoms with van der Waals surface area (Å²) in [6.45, 7) is 3.61. The SMILES string of the molecule is CSCCC(C)N(C)CCC(=O)N(C)CCC(N)=S. The summed E-state index contributed by atoms with van der Waals surface area (Å²) in [4.78, 5) is 16.3. The Balaban J connectivity index is 3.90. The monoisotopic (exact) mass is 305 g/mol. The van der Waals surface area contributed by atoms with Gasteiger partial charge in [0, 0.05) is 39.0 Å². The topological polar surface area (TPSA) is 49.6 Å². The van der Waals surface area contributed by atoms with Crippen LogP contribution in [0.2, 0.25) is 0 Å². The molecule has 0 aliphatic heterocycles. The average Bonchev–Trinajstić information content (AvgIpc) is 2.38. The molecule has 1 atom stereocenters. The van der Waals surface area contributed by atoms with Crippen LogP contribution in [0, 0.1) is 0 Å². The van der Waals surface area contributed by atoms with E-state index < -0.39 is 0 Å². The standard InChI is InChI=1S/C13H27N3OS2/c1-11(7-10-19-4)15(2)9-6-13(17)16(3)8-5-12(14)18/h11H,5-10H2,1-4H3,(H2,14,18). The zero-order chi connectivity index (χ0) is 14.8. The Labute approximate surface area is 127 Å². The molecule has 0 saturated carbocycles. The largest absolute Gasteiger partial charge is 0.393 e. The van der Waals surface area contributed by atoms with Crippen molar-refractivity contribution in [3.8, 4) is 0 Å². The highest BCUT2D eigenvalue weighted by Crippen LogP contribution is 2.07. The number of amides is 1. The Bertz CT molecular complexity index is 287. The summed E-state index contributed by atoms with van der Waals surface area (Å²) in [7, 11) is 3.88. The molecule has 0 heterocycles. The maximum absolute atomic E-state index is 11.9. The Morgan fingerprint density at radius 2 is 1.95 bits per heavy atom. The predicted molar refractivity (Wildman–Crippen MR) is 88.7 cm³/mol. The van der Waals surface area contributed by atoms with Crippen LogP contribution in [0.3, 0.4) is 0 Å². The minimum atomic E-state index is 0.153. The van der Waals surface area contributed by atoms with Crippen molar-refractivity contribution < 1.29 is 4.79 Å². The van der Waals surface area contributed by atoms with Crippen LogP contribution in [0.5, 0.6) is 0 Å². The molecule has 0 aromatic heterocycles. The maximum Gasteiger partial charge on any atom is 0.223 e. The fourth-order valence-electron chi connectivity index (χ4n) is 1.59. The Hall–Kier alpha value is -0.330. The first-order chi connectivity index (χ1) is 8.88. The summed E-state index contributed by atoms with van der Waals surface area (Å²) in [5, 5.41) is 0. The molecule has 0 aliphatic carbocycles. The van der Waals surface area contributed by atoms with E-state index in [1.807, 2.05) is 11.8 Å². The molecule has 0 bridgehead atoms. The molecule has 0 aromatic carbocycles. The van der Waals surface area contributed by atoms with Gasteiger partial charge in [-0.3, -0.25) is 4.79 Å². The zero-order valence-electron chi connectivity index (χ0n) is 12.5. The number of thiocarbonyl (C=S) groups is 1. The van der Waals surface area contributed by atoms with Gasteiger partial charge in [0.05, 0.1) is 4.99 Å². The lowest BCUT2D eigenvalue weighted by molar-refractivity contribution is -0.130. The molecule has 4 nitrogen and oxygen atoms in total. The number of carbonyl (C=O) groups excluding carboxylic acids is 1. The Morgan fingerprint density at radius 1 is 1.32 bits per heavy atom. The van der Waals surface area contributed by atoms with Gasteiger partial charge in [-0.2, -0.15) is 11.8 Å². The van der Waals surface area contributed by atoms with Crippen molar-refractivity contribution in [2.75, 3.05) is 39.2 Å². The molecule has 0 rings (SSSR count). The molecule has 0 spiro atoms. The van der Waals surface area contributed by atoms with Crippen LogP contribution < -0.4 is 5.73 Å². The second kappa shape index (κ2) is 10.5. The minimum absolute atomic E-state index is 0.153. The van der Waals surface area contributed by atoms with Crippen LogP contribution in [0.1, 0.15) is 26.2 Å². The van der Waals surface area contributed by atoms with Gasteiger partial charge in [0.2, 0.25) is 5.91 Å². The number of hydrogen-bond acceptors (Lipinski definition) is 4. The van der Waals surface area contributed by atoms with Gasteiger partial charge in [-0.15, -0.1) is 0 Å². The van der Waals surface area contributed by atoms with Crippen LogP contribution in [0.4, 0.5) is 0 Å². The molecular formula is C13H27N3OS2. The number of hydrogen-bond donors (Lipinski definition) is 1. The van der Waals surface area contributed by atoms with Crippen molar-refractivity contribution in [1.29, 1.82) is 0 Å². The van der Waals surface area contributed by atoms with Crippen LogP contribution in [-0.4, -0.2) is 65.9 Å². The molecular weight excluding hydrogens is 278 g/mol. The Morgan fingerprint density at radius 3 is 2.47 bits per heavy atom. The fourth-order valence-corrected chi connectivity index (χ4v) is 2.26. The normalized spacial score (nSPS) is 12.5. The molecule has 112 valence electrons. The molecule has 1 amide bonds. The molecule has 2 N–H and O–H groups in total. The van der Waals surface area contributed by atoms with Gasteiger partial charge >= 0.3 is 0 Å².